The van der Waals surface area contributed by atoms with Gasteiger partial charge in [0, 0.05) is 31.6 Å². The molecule has 6 nitrogen and oxygen atoms in total. The fourth-order valence-electron chi connectivity index (χ4n) is 3.05. The monoisotopic (exact) mass is 347 g/mol. The Kier molecular flexibility index (Phi) is 4.64. The standard InChI is InChI=1S/C17H21N3O3S/c21-17(14-9-16(23-19-14)12-1-2-12)18-10-15(13-3-8-24-11-13)20-4-6-22-7-5-20/h3,8-9,11-12,15H,1-2,4-7,10H2,(H,18,21). The number of carbonyl (C=O) groups is 1. The summed E-state index contributed by atoms with van der Waals surface area (Å²) < 4.78 is 10.7. The van der Waals surface area contributed by atoms with Crippen molar-refractivity contribution in [3.63, 3.8) is 0 Å². The summed E-state index contributed by atoms with van der Waals surface area (Å²) in [4.78, 5) is 14.7. The Morgan fingerprint density at radius 2 is 2.25 bits per heavy atom. The van der Waals surface area contributed by atoms with Crippen LogP contribution < -0.4 is 5.32 Å². The van der Waals surface area contributed by atoms with Crippen LogP contribution in [0.4, 0.5) is 0 Å². The third-order valence-electron chi connectivity index (χ3n) is 4.61. The molecule has 1 N–H and O–H groups in total. The first-order chi connectivity index (χ1) is 11.8. The quantitative estimate of drug-likeness (QED) is 0.869. The van der Waals surface area contributed by atoms with Gasteiger partial charge in [-0.15, -0.1) is 0 Å². The lowest BCUT2D eigenvalue weighted by molar-refractivity contribution is 0.0163. The molecule has 24 heavy (non-hydrogen) atoms. The van der Waals surface area contributed by atoms with E-state index in [9.17, 15) is 4.79 Å². The molecule has 1 saturated carbocycles. The molecule has 7 heteroatoms. The molecule has 1 aliphatic heterocycles. The zero-order chi connectivity index (χ0) is 16.4. The molecule has 128 valence electrons. The van der Waals surface area contributed by atoms with E-state index >= 15 is 0 Å². The number of rotatable bonds is 6. The Labute approximate surface area is 144 Å². The number of morpholine rings is 1. The molecule has 2 fully saturated rings. The van der Waals surface area contributed by atoms with Gasteiger partial charge < -0.3 is 14.6 Å². The van der Waals surface area contributed by atoms with Gasteiger partial charge in [0.25, 0.3) is 5.91 Å². The van der Waals surface area contributed by atoms with Crippen molar-refractivity contribution in [1.82, 2.24) is 15.4 Å². The fourth-order valence-corrected chi connectivity index (χ4v) is 3.76. The highest BCUT2D eigenvalue weighted by atomic mass is 32.1. The molecule has 2 aromatic rings. The number of thiophene rings is 1. The summed E-state index contributed by atoms with van der Waals surface area (Å²) in [5.41, 5.74) is 1.61. The van der Waals surface area contributed by atoms with Crippen LogP contribution in [0.3, 0.4) is 0 Å². The molecular formula is C17H21N3O3S. The van der Waals surface area contributed by atoms with Gasteiger partial charge in [-0.3, -0.25) is 9.69 Å². The number of nitrogens with zero attached hydrogens (tertiary/aromatic N) is 2. The van der Waals surface area contributed by atoms with Crippen LogP contribution in [0.1, 0.15) is 46.6 Å². The molecule has 3 heterocycles. The highest BCUT2D eigenvalue weighted by Crippen LogP contribution is 2.40. The van der Waals surface area contributed by atoms with Crippen molar-refractivity contribution in [3.8, 4) is 0 Å². The van der Waals surface area contributed by atoms with Gasteiger partial charge in [-0.1, -0.05) is 5.16 Å². The smallest absolute Gasteiger partial charge is 0.273 e. The van der Waals surface area contributed by atoms with Crippen LogP contribution in [0.15, 0.2) is 27.4 Å². The van der Waals surface area contributed by atoms with Crippen LogP contribution in [0.2, 0.25) is 0 Å². The minimum absolute atomic E-state index is 0.166. The minimum atomic E-state index is -0.167. The van der Waals surface area contributed by atoms with Crippen molar-refractivity contribution in [1.29, 1.82) is 0 Å². The van der Waals surface area contributed by atoms with Crippen molar-refractivity contribution in [2.45, 2.75) is 24.8 Å². The largest absolute Gasteiger partial charge is 0.379 e. The summed E-state index contributed by atoms with van der Waals surface area (Å²) in [5.74, 6) is 1.13. The number of aromatic nitrogens is 1. The average molecular weight is 347 g/mol. The summed E-state index contributed by atoms with van der Waals surface area (Å²) >= 11 is 1.68. The molecule has 4 rings (SSSR count). The normalized spacial score (nSPS) is 20.0. The fraction of sp³-hybridized carbons (Fsp3) is 0.529. The molecule has 1 atom stereocenters. The zero-order valence-electron chi connectivity index (χ0n) is 13.4. The number of hydrogen-bond donors (Lipinski definition) is 1. The summed E-state index contributed by atoms with van der Waals surface area (Å²) in [6.07, 6.45) is 2.26. The third-order valence-corrected chi connectivity index (χ3v) is 5.31. The molecule has 0 aromatic carbocycles. The number of carbonyl (C=O) groups excluding carboxylic acids is 1. The van der Waals surface area contributed by atoms with E-state index in [0.717, 1.165) is 44.9 Å². The molecule has 1 aliphatic carbocycles. The highest BCUT2D eigenvalue weighted by Gasteiger charge is 2.29. The van der Waals surface area contributed by atoms with E-state index in [0.29, 0.717) is 18.2 Å². The molecule has 1 unspecified atom stereocenters. The van der Waals surface area contributed by atoms with Gasteiger partial charge in [-0.2, -0.15) is 11.3 Å². The zero-order valence-corrected chi connectivity index (χ0v) is 14.3. The molecule has 2 aliphatic rings. The van der Waals surface area contributed by atoms with Crippen molar-refractivity contribution in [3.05, 3.63) is 39.9 Å². The Hall–Kier alpha value is -1.70. The SMILES string of the molecule is O=C(NCC(c1ccsc1)N1CCOCC1)c1cc(C2CC2)on1. The second-order valence-corrected chi connectivity index (χ2v) is 7.10. The van der Waals surface area contributed by atoms with E-state index in [4.69, 9.17) is 9.26 Å². The predicted molar refractivity (Wildman–Crippen MR) is 90.3 cm³/mol. The van der Waals surface area contributed by atoms with E-state index in [1.165, 1.54) is 5.56 Å². The number of hydrogen-bond acceptors (Lipinski definition) is 6. The molecule has 0 spiro atoms. The Balaban J connectivity index is 1.41. The number of ether oxygens (including phenoxy) is 1. The van der Waals surface area contributed by atoms with Crippen molar-refractivity contribution < 1.29 is 14.1 Å². The van der Waals surface area contributed by atoms with Crippen LogP contribution in [0.25, 0.3) is 0 Å². The Morgan fingerprint density at radius 3 is 2.96 bits per heavy atom. The molecule has 1 saturated heterocycles. The van der Waals surface area contributed by atoms with Crippen molar-refractivity contribution in [2.24, 2.45) is 0 Å². The molecule has 1 amide bonds. The Morgan fingerprint density at radius 1 is 1.42 bits per heavy atom. The summed E-state index contributed by atoms with van der Waals surface area (Å²) in [6.45, 7) is 3.80. The average Bonchev–Trinajstić information content (AvgIpc) is 3.12. The molecule has 0 radical (unpaired) electrons. The predicted octanol–water partition coefficient (Wildman–Crippen LogP) is 2.42. The minimum Gasteiger partial charge on any atom is -0.379 e. The van der Waals surface area contributed by atoms with E-state index in [2.05, 4.69) is 32.2 Å². The van der Waals surface area contributed by atoms with E-state index in [1.54, 1.807) is 17.4 Å². The van der Waals surface area contributed by atoms with Gasteiger partial charge in [0.15, 0.2) is 5.69 Å². The molecule has 0 bridgehead atoms. The van der Waals surface area contributed by atoms with Crippen molar-refractivity contribution >= 4 is 17.2 Å². The van der Waals surface area contributed by atoms with Crippen LogP contribution in [0, 0.1) is 0 Å². The second-order valence-electron chi connectivity index (χ2n) is 6.32. The summed E-state index contributed by atoms with van der Waals surface area (Å²) in [6, 6.07) is 4.07. The first-order valence-corrected chi connectivity index (χ1v) is 9.34. The number of nitrogens with one attached hydrogen (secondary N) is 1. The van der Waals surface area contributed by atoms with Gasteiger partial charge in [0.1, 0.15) is 5.76 Å². The first kappa shape index (κ1) is 15.8. The van der Waals surface area contributed by atoms with Crippen molar-refractivity contribution in [2.75, 3.05) is 32.8 Å². The van der Waals surface area contributed by atoms with Gasteiger partial charge in [-0.25, -0.2) is 0 Å². The van der Waals surface area contributed by atoms with Gasteiger partial charge >= 0.3 is 0 Å². The topological polar surface area (TPSA) is 67.6 Å². The lowest BCUT2D eigenvalue weighted by Crippen LogP contribution is -2.43. The van der Waals surface area contributed by atoms with Crippen LogP contribution in [-0.4, -0.2) is 48.8 Å². The summed E-state index contributed by atoms with van der Waals surface area (Å²) in [7, 11) is 0. The maximum atomic E-state index is 12.4. The lowest BCUT2D eigenvalue weighted by atomic mass is 10.1. The molecule has 2 aromatic heterocycles. The third kappa shape index (κ3) is 3.53. The summed E-state index contributed by atoms with van der Waals surface area (Å²) in [5, 5.41) is 11.1. The van der Waals surface area contributed by atoms with E-state index in [1.807, 2.05) is 0 Å². The van der Waals surface area contributed by atoms with Gasteiger partial charge in [0.2, 0.25) is 0 Å². The van der Waals surface area contributed by atoms with E-state index in [-0.39, 0.29) is 11.9 Å². The Bertz CT molecular complexity index is 675. The maximum Gasteiger partial charge on any atom is 0.273 e. The van der Waals surface area contributed by atoms with Crippen LogP contribution in [0.5, 0.6) is 0 Å². The lowest BCUT2D eigenvalue weighted by Gasteiger charge is -2.34. The van der Waals surface area contributed by atoms with Crippen LogP contribution in [-0.2, 0) is 4.74 Å². The first-order valence-electron chi connectivity index (χ1n) is 8.40. The second kappa shape index (κ2) is 7.04. The van der Waals surface area contributed by atoms with E-state index < -0.39 is 0 Å². The van der Waals surface area contributed by atoms with Gasteiger partial charge in [-0.05, 0) is 35.2 Å². The van der Waals surface area contributed by atoms with Crippen LogP contribution >= 0.6 is 11.3 Å². The van der Waals surface area contributed by atoms with Gasteiger partial charge in [0.05, 0.1) is 19.3 Å². The maximum absolute atomic E-state index is 12.4. The highest BCUT2D eigenvalue weighted by molar-refractivity contribution is 7.07. The number of amides is 1. The molecular weight excluding hydrogens is 326 g/mol.